The van der Waals surface area contributed by atoms with Crippen LogP contribution in [0.15, 0.2) is 30.6 Å². The summed E-state index contributed by atoms with van der Waals surface area (Å²) < 4.78 is 32.1. The van der Waals surface area contributed by atoms with Gasteiger partial charge < -0.3 is 10.1 Å². The van der Waals surface area contributed by atoms with Crippen molar-refractivity contribution < 1.29 is 13.2 Å². The summed E-state index contributed by atoms with van der Waals surface area (Å²) in [4.78, 5) is 8.68. The Hall–Kier alpha value is -2.19. The zero-order chi connectivity index (χ0) is 18.0. The number of nitrogens with one attached hydrogen (secondary N) is 1. The summed E-state index contributed by atoms with van der Waals surface area (Å²) in [5.41, 5.74) is 2.88. The summed E-state index contributed by atoms with van der Waals surface area (Å²) in [5, 5.41) is 3.20. The van der Waals surface area contributed by atoms with Crippen LogP contribution in [0.3, 0.4) is 0 Å². The van der Waals surface area contributed by atoms with Crippen LogP contribution in [0.5, 0.6) is 5.75 Å². The number of ether oxygens (including phenoxy) is 1. The highest BCUT2D eigenvalue weighted by Gasteiger charge is 2.25. The van der Waals surface area contributed by atoms with Crippen LogP contribution >= 0.6 is 0 Å². The molecular formula is C18H22N4O3S. The summed E-state index contributed by atoms with van der Waals surface area (Å²) in [6.45, 7) is 1.99. The third kappa shape index (κ3) is 3.52. The number of benzene rings is 1. The number of hydrogen-bond donors (Lipinski definition) is 1. The Labute approximate surface area is 153 Å². The van der Waals surface area contributed by atoms with Crippen molar-refractivity contribution in [2.75, 3.05) is 30.7 Å². The number of fused-ring (bicyclic) bond motifs is 2. The number of nitrogens with zero attached hydrogens (tertiary/aromatic N) is 3. The average Bonchev–Trinajstić information content (AvgIpc) is 3.12. The Kier molecular flexibility index (Phi) is 4.78. The highest BCUT2D eigenvalue weighted by atomic mass is 32.2. The maximum absolute atomic E-state index is 12.4. The van der Waals surface area contributed by atoms with Crippen molar-refractivity contribution in [3.63, 3.8) is 0 Å². The van der Waals surface area contributed by atoms with E-state index in [1.54, 1.807) is 4.31 Å². The summed E-state index contributed by atoms with van der Waals surface area (Å²) in [5.74, 6) is 1.61. The van der Waals surface area contributed by atoms with Crippen molar-refractivity contribution in [3.05, 3.63) is 47.4 Å². The van der Waals surface area contributed by atoms with Crippen molar-refractivity contribution in [1.82, 2.24) is 14.3 Å². The molecule has 8 heteroatoms. The van der Waals surface area contributed by atoms with E-state index in [0.29, 0.717) is 38.5 Å². The van der Waals surface area contributed by atoms with Crippen LogP contribution in [-0.4, -0.2) is 48.1 Å². The third-order valence-electron chi connectivity index (χ3n) is 4.85. The van der Waals surface area contributed by atoms with Crippen LogP contribution in [0.2, 0.25) is 0 Å². The van der Waals surface area contributed by atoms with Crippen molar-refractivity contribution in [1.29, 1.82) is 0 Å². The molecule has 7 nitrogen and oxygen atoms in total. The van der Waals surface area contributed by atoms with Gasteiger partial charge in [0, 0.05) is 31.6 Å². The lowest BCUT2D eigenvalue weighted by molar-refractivity contribution is 0.302. The summed E-state index contributed by atoms with van der Waals surface area (Å²) in [7, 11) is -3.20. The number of para-hydroxylation sites is 1. The van der Waals surface area contributed by atoms with Gasteiger partial charge in [0.15, 0.2) is 0 Å². The maximum atomic E-state index is 12.4. The fraction of sp³-hybridized carbons (Fsp3) is 0.444. The van der Waals surface area contributed by atoms with Crippen LogP contribution in [0.1, 0.15) is 29.7 Å². The molecule has 0 amide bonds. The number of hydrogen-bond acceptors (Lipinski definition) is 6. The summed E-state index contributed by atoms with van der Waals surface area (Å²) in [6, 6.07) is 7.90. The van der Waals surface area contributed by atoms with Gasteiger partial charge in [-0.25, -0.2) is 22.7 Å². The largest absolute Gasteiger partial charge is 0.487 e. The third-order valence-corrected chi connectivity index (χ3v) is 6.72. The normalized spacial score (nSPS) is 17.1. The van der Waals surface area contributed by atoms with E-state index in [9.17, 15) is 8.42 Å². The molecule has 0 saturated carbocycles. The second kappa shape index (κ2) is 7.20. The van der Waals surface area contributed by atoms with E-state index >= 15 is 0 Å². The first-order chi connectivity index (χ1) is 12.6. The van der Waals surface area contributed by atoms with Gasteiger partial charge in [0.1, 0.15) is 24.5 Å². The molecule has 0 unspecified atom stereocenters. The predicted molar refractivity (Wildman–Crippen MR) is 98.7 cm³/mol. The van der Waals surface area contributed by atoms with Crippen LogP contribution < -0.4 is 10.1 Å². The molecule has 1 aromatic heterocycles. The molecule has 3 heterocycles. The fourth-order valence-corrected chi connectivity index (χ4v) is 4.87. The van der Waals surface area contributed by atoms with Gasteiger partial charge in [0.05, 0.1) is 11.4 Å². The molecule has 2 aromatic rings. The zero-order valence-electron chi connectivity index (χ0n) is 14.5. The molecule has 0 aliphatic carbocycles. The van der Waals surface area contributed by atoms with Gasteiger partial charge in [-0.2, -0.15) is 0 Å². The molecule has 0 atom stereocenters. The number of rotatable bonds is 5. The van der Waals surface area contributed by atoms with Crippen molar-refractivity contribution in [2.45, 2.75) is 25.9 Å². The van der Waals surface area contributed by atoms with E-state index in [2.05, 4.69) is 15.3 Å². The molecule has 1 saturated heterocycles. The smallest absolute Gasteiger partial charge is 0.215 e. The average molecular weight is 374 g/mol. The minimum absolute atomic E-state index is 0.0683. The monoisotopic (exact) mass is 374 g/mol. The van der Waals surface area contributed by atoms with Crippen LogP contribution in [0, 0.1) is 0 Å². The van der Waals surface area contributed by atoms with E-state index in [1.807, 2.05) is 24.3 Å². The van der Waals surface area contributed by atoms with Gasteiger partial charge in [0.2, 0.25) is 10.0 Å². The van der Waals surface area contributed by atoms with Crippen LogP contribution in [0.4, 0.5) is 5.82 Å². The molecular weight excluding hydrogens is 352 g/mol. The first-order valence-electron chi connectivity index (χ1n) is 8.89. The first kappa shape index (κ1) is 17.2. The quantitative estimate of drug-likeness (QED) is 0.859. The zero-order valence-corrected chi connectivity index (χ0v) is 15.3. The lowest BCUT2D eigenvalue weighted by Gasteiger charge is -2.16. The van der Waals surface area contributed by atoms with Gasteiger partial charge in [-0.1, -0.05) is 18.2 Å². The molecule has 138 valence electrons. The van der Waals surface area contributed by atoms with Gasteiger partial charge in [0.25, 0.3) is 0 Å². The molecule has 1 N–H and O–H groups in total. The lowest BCUT2D eigenvalue weighted by atomic mass is 10.0. The maximum Gasteiger partial charge on any atom is 0.215 e. The summed E-state index contributed by atoms with van der Waals surface area (Å²) >= 11 is 0. The fourth-order valence-electron chi connectivity index (χ4n) is 3.43. The highest BCUT2D eigenvalue weighted by Crippen LogP contribution is 2.30. The van der Waals surface area contributed by atoms with E-state index in [1.165, 1.54) is 6.33 Å². The Bertz CT molecular complexity index is 895. The van der Waals surface area contributed by atoms with Crippen molar-refractivity contribution >= 4 is 15.8 Å². The predicted octanol–water partition coefficient (Wildman–Crippen LogP) is 1.80. The SMILES string of the molecule is O=S(=O)(CCNc1ncnc2c1Cc1ccccc1OC2)N1CCCC1. The topological polar surface area (TPSA) is 84.4 Å². The highest BCUT2D eigenvalue weighted by molar-refractivity contribution is 7.89. The Balaban J connectivity index is 1.49. The van der Waals surface area contributed by atoms with E-state index < -0.39 is 10.0 Å². The standard InChI is InChI=1S/C18H22N4O3S/c23-26(24,22-8-3-4-9-22)10-7-19-18-15-11-14-5-1-2-6-17(14)25-12-16(15)20-13-21-18/h1-2,5-6,13H,3-4,7-12H2,(H,19,20,21). The Morgan fingerprint density at radius 1 is 1.15 bits per heavy atom. The van der Waals surface area contributed by atoms with Crippen LogP contribution in [-0.2, 0) is 23.1 Å². The molecule has 26 heavy (non-hydrogen) atoms. The number of sulfonamides is 1. The van der Waals surface area contributed by atoms with E-state index in [0.717, 1.165) is 35.4 Å². The molecule has 0 bridgehead atoms. The molecule has 4 rings (SSSR count). The Morgan fingerprint density at radius 3 is 2.81 bits per heavy atom. The van der Waals surface area contributed by atoms with Gasteiger partial charge in [-0.3, -0.25) is 0 Å². The molecule has 1 aromatic carbocycles. The second-order valence-corrected chi connectivity index (χ2v) is 8.66. The van der Waals surface area contributed by atoms with E-state index in [4.69, 9.17) is 4.74 Å². The minimum atomic E-state index is -3.20. The molecule has 0 spiro atoms. The van der Waals surface area contributed by atoms with Gasteiger partial charge >= 0.3 is 0 Å². The number of anilines is 1. The second-order valence-electron chi connectivity index (χ2n) is 6.57. The molecule has 1 fully saturated rings. The number of aromatic nitrogens is 2. The molecule has 2 aliphatic rings. The lowest BCUT2D eigenvalue weighted by Crippen LogP contribution is -2.32. The molecule has 0 radical (unpaired) electrons. The minimum Gasteiger partial charge on any atom is -0.487 e. The Morgan fingerprint density at radius 2 is 1.96 bits per heavy atom. The molecule has 2 aliphatic heterocycles. The van der Waals surface area contributed by atoms with Crippen LogP contribution in [0.25, 0.3) is 0 Å². The van der Waals surface area contributed by atoms with E-state index in [-0.39, 0.29) is 5.75 Å². The van der Waals surface area contributed by atoms with Gasteiger partial charge in [-0.15, -0.1) is 0 Å². The van der Waals surface area contributed by atoms with Crippen molar-refractivity contribution in [2.24, 2.45) is 0 Å². The van der Waals surface area contributed by atoms with Crippen molar-refractivity contribution in [3.8, 4) is 5.75 Å². The summed E-state index contributed by atoms with van der Waals surface area (Å²) in [6.07, 6.45) is 4.06. The van der Waals surface area contributed by atoms with Gasteiger partial charge in [-0.05, 0) is 24.5 Å². The first-order valence-corrected chi connectivity index (χ1v) is 10.5.